The lowest BCUT2D eigenvalue weighted by Crippen LogP contribution is -2.31. The van der Waals surface area contributed by atoms with Crippen LogP contribution >= 0.6 is 0 Å². The first kappa shape index (κ1) is 15.7. The Morgan fingerprint density at radius 3 is 2.86 bits per heavy atom. The Kier molecular flexibility index (Phi) is 4.36. The topological polar surface area (TPSA) is 75.2 Å². The zero-order valence-corrected chi connectivity index (χ0v) is 14.1. The van der Waals surface area contributed by atoms with E-state index in [0.29, 0.717) is 19.0 Å². The summed E-state index contributed by atoms with van der Waals surface area (Å²) in [4.78, 5) is 8.75. The molecule has 1 N–H and O–H groups in total. The van der Waals surface area contributed by atoms with Gasteiger partial charge in [0.2, 0.25) is 10.0 Å². The highest BCUT2D eigenvalue weighted by Gasteiger charge is 2.37. The van der Waals surface area contributed by atoms with Crippen molar-refractivity contribution in [2.75, 3.05) is 24.7 Å². The Balaban J connectivity index is 1.80. The summed E-state index contributed by atoms with van der Waals surface area (Å²) in [6.45, 7) is 3.28. The number of anilines is 1. The number of sulfonamides is 1. The molecule has 3 rings (SSSR count). The Morgan fingerprint density at radius 2 is 2.14 bits per heavy atom. The lowest BCUT2D eigenvalue weighted by Gasteiger charge is -2.21. The number of rotatable bonds is 5. The van der Waals surface area contributed by atoms with Crippen molar-refractivity contribution < 1.29 is 8.42 Å². The molecule has 0 unspecified atom stereocenters. The van der Waals surface area contributed by atoms with E-state index in [1.807, 2.05) is 0 Å². The van der Waals surface area contributed by atoms with Crippen molar-refractivity contribution in [1.29, 1.82) is 0 Å². The minimum Gasteiger partial charge on any atom is -0.365 e. The molecule has 1 fully saturated rings. The maximum atomic E-state index is 11.8. The molecule has 1 aromatic rings. The van der Waals surface area contributed by atoms with Crippen LogP contribution in [0.2, 0.25) is 0 Å². The van der Waals surface area contributed by atoms with Crippen LogP contribution in [-0.2, 0) is 22.9 Å². The van der Waals surface area contributed by atoms with Crippen LogP contribution in [0, 0.1) is 5.92 Å². The molecule has 2 heterocycles. The number of hydrogen-bond acceptors (Lipinski definition) is 5. The molecule has 0 amide bonds. The minimum absolute atomic E-state index is 0.134. The van der Waals surface area contributed by atoms with E-state index in [4.69, 9.17) is 0 Å². The second-order valence-corrected chi connectivity index (χ2v) is 8.36. The van der Waals surface area contributed by atoms with Gasteiger partial charge in [0.15, 0.2) is 0 Å². The van der Waals surface area contributed by atoms with Gasteiger partial charge < -0.3 is 5.32 Å². The van der Waals surface area contributed by atoms with Crippen molar-refractivity contribution in [3.05, 3.63) is 17.6 Å². The van der Waals surface area contributed by atoms with Crippen LogP contribution in [0.1, 0.15) is 37.4 Å². The third-order valence-corrected chi connectivity index (χ3v) is 5.97. The number of aryl methyl sites for hydroxylation is 1. The highest BCUT2D eigenvalue weighted by atomic mass is 32.2. The number of nitrogens with one attached hydrogen (secondary N) is 1. The second-order valence-electron chi connectivity index (χ2n) is 6.38. The van der Waals surface area contributed by atoms with Gasteiger partial charge >= 0.3 is 0 Å². The Hall–Kier alpha value is -1.21. The Labute approximate surface area is 132 Å². The van der Waals surface area contributed by atoms with Crippen molar-refractivity contribution >= 4 is 15.8 Å². The van der Waals surface area contributed by atoms with Crippen LogP contribution in [0.3, 0.4) is 0 Å². The van der Waals surface area contributed by atoms with Gasteiger partial charge in [0.05, 0.1) is 6.26 Å². The summed E-state index contributed by atoms with van der Waals surface area (Å²) >= 11 is 0. The molecule has 0 radical (unpaired) electrons. The van der Waals surface area contributed by atoms with Crippen LogP contribution in [0.5, 0.6) is 0 Å². The average molecular weight is 324 g/mol. The lowest BCUT2D eigenvalue weighted by atomic mass is 9.98. The molecule has 22 heavy (non-hydrogen) atoms. The van der Waals surface area contributed by atoms with Gasteiger partial charge in [0.1, 0.15) is 12.1 Å². The highest BCUT2D eigenvalue weighted by molar-refractivity contribution is 7.88. The third-order valence-electron chi connectivity index (χ3n) is 4.73. The highest BCUT2D eigenvalue weighted by Crippen LogP contribution is 2.30. The van der Waals surface area contributed by atoms with Crippen LogP contribution in [-0.4, -0.2) is 48.1 Å². The van der Waals surface area contributed by atoms with E-state index in [1.165, 1.54) is 11.8 Å². The maximum absolute atomic E-state index is 11.8. The van der Waals surface area contributed by atoms with Gasteiger partial charge in [0.25, 0.3) is 0 Å². The molecule has 2 aliphatic rings. The largest absolute Gasteiger partial charge is 0.365 e. The first-order valence-corrected chi connectivity index (χ1v) is 9.88. The molecule has 1 aliphatic carbocycles. The van der Waals surface area contributed by atoms with Gasteiger partial charge in [0, 0.05) is 30.4 Å². The molecule has 1 saturated heterocycles. The molecule has 0 saturated carbocycles. The lowest BCUT2D eigenvalue weighted by molar-refractivity contribution is 0.445. The molecule has 1 aliphatic heterocycles. The van der Waals surface area contributed by atoms with Crippen molar-refractivity contribution in [2.24, 2.45) is 5.92 Å². The minimum atomic E-state index is -3.13. The second kappa shape index (κ2) is 6.12. The van der Waals surface area contributed by atoms with Crippen LogP contribution in [0.25, 0.3) is 0 Å². The fourth-order valence-corrected chi connectivity index (χ4v) is 4.48. The molecule has 1 aromatic heterocycles. The van der Waals surface area contributed by atoms with Gasteiger partial charge in [-0.2, -0.15) is 4.31 Å². The van der Waals surface area contributed by atoms with Gasteiger partial charge in [-0.25, -0.2) is 18.4 Å². The number of nitrogens with zero attached hydrogens (tertiary/aromatic N) is 3. The Morgan fingerprint density at radius 1 is 1.32 bits per heavy atom. The van der Waals surface area contributed by atoms with E-state index in [9.17, 15) is 8.42 Å². The summed E-state index contributed by atoms with van der Waals surface area (Å²) in [5.41, 5.74) is 2.36. The molecule has 7 heteroatoms. The van der Waals surface area contributed by atoms with Gasteiger partial charge in [-0.05, 0) is 31.6 Å². The van der Waals surface area contributed by atoms with E-state index < -0.39 is 10.0 Å². The van der Waals surface area contributed by atoms with Gasteiger partial charge in [-0.1, -0.05) is 13.3 Å². The molecule has 6 nitrogen and oxygen atoms in total. The molecule has 0 bridgehead atoms. The smallest absolute Gasteiger partial charge is 0.211 e. The summed E-state index contributed by atoms with van der Waals surface area (Å²) in [5, 5.41) is 3.52. The molecule has 0 spiro atoms. The number of fused-ring (bicyclic) bond motifs is 1. The summed E-state index contributed by atoms with van der Waals surface area (Å²) in [6.07, 6.45) is 8.15. The molecular formula is C15H24N4O2S. The van der Waals surface area contributed by atoms with E-state index in [0.717, 1.165) is 43.6 Å². The summed E-state index contributed by atoms with van der Waals surface area (Å²) in [7, 11) is -3.13. The molecule has 0 aromatic carbocycles. The van der Waals surface area contributed by atoms with E-state index in [1.54, 1.807) is 10.6 Å². The summed E-state index contributed by atoms with van der Waals surface area (Å²) in [5.74, 6) is 1.25. The zero-order chi connectivity index (χ0) is 15.7. The first-order chi connectivity index (χ1) is 10.5. The van der Waals surface area contributed by atoms with Crippen LogP contribution in [0.4, 0.5) is 5.82 Å². The van der Waals surface area contributed by atoms with Crippen molar-refractivity contribution in [3.8, 4) is 0 Å². The quantitative estimate of drug-likeness (QED) is 0.887. The third kappa shape index (κ3) is 3.10. The van der Waals surface area contributed by atoms with E-state index in [-0.39, 0.29) is 6.04 Å². The molecular weight excluding hydrogens is 300 g/mol. The normalized spacial score (nSPS) is 25.4. The fourth-order valence-electron chi connectivity index (χ4n) is 3.59. The number of hydrogen-bond donors (Lipinski definition) is 1. The van der Waals surface area contributed by atoms with E-state index in [2.05, 4.69) is 22.2 Å². The zero-order valence-electron chi connectivity index (χ0n) is 13.2. The van der Waals surface area contributed by atoms with Crippen molar-refractivity contribution in [2.45, 2.75) is 45.1 Å². The standard InChI is InChI=1S/C15H24N4O2S/c1-3-5-11-8-19(22(2,20)21)9-14(11)18-15-12-6-4-7-13(12)16-10-17-15/h10-11,14H,3-9H2,1-2H3,(H,16,17,18)/t11-,14-/m1/s1. The average Bonchev–Trinajstić information content (AvgIpc) is 3.06. The molecule has 122 valence electrons. The predicted octanol–water partition coefficient (Wildman–Crippen LogP) is 1.44. The van der Waals surface area contributed by atoms with Crippen molar-refractivity contribution in [3.63, 3.8) is 0 Å². The summed E-state index contributed by atoms with van der Waals surface area (Å²) < 4.78 is 25.3. The maximum Gasteiger partial charge on any atom is 0.211 e. The van der Waals surface area contributed by atoms with Crippen LogP contribution < -0.4 is 5.32 Å². The van der Waals surface area contributed by atoms with Gasteiger partial charge in [-0.15, -0.1) is 0 Å². The number of aromatic nitrogens is 2. The molecule has 2 atom stereocenters. The Bertz CT molecular complexity index is 647. The van der Waals surface area contributed by atoms with E-state index >= 15 is 0 Å². The predicted molar refractivity (Wildman–Crippen MR) is 86.3 cm³/mol. The SMILES string of the molecule is CCC[C@@H]1CN(S(C)(=O)=O)C[C@H]1Nc1ncnc2c1CCC2. The monoisotopic (exact) mass is 324 g/mol. The van der Waals surface area contributed by atoms with Crippen LogP contribution in [0.15, 0.2) is 6.33 Å². The summed E-state index contributed by atoms with van der Waals surface area (Å²) in [6, 6.07) is 0.134. The first-order valence-electron chi connectivity index (χ1n) is 8.03. The fraction of sp³-hybridized carbons (Fsp3) is 0.733. The van der Waals surface area contributed by atoms with Gasteiger partial charge in [-0.3, -0.25) is 0 Å². The van der Waals surface area contributed by atoms with Crippen molar-refractivity contribution in [1.82, 2.24) is 14.3 Å².